The summed E-state index contributed by atoms with van der Waals surface area (Å²) in [7, 11) is 1.74. The van der Waals surface area contributed by atoms with Gasteiger partial charge in [-0.1, -0.05) is 0 Å². The van der Waals surface area contributed by atoms with Crippen LogP contribution in [0.25, 0.3) is 0 Å². The predicted octanol–water partition coefficient (Wildman–Crippen LogP) is 1.10. The zero-order valence-corrected chi connectivity index (χ0v) is 14.9. The summed E-state index contributed by atoms with van der Waals surface area (Å²) in [6.45, 7) is 6.11. The lowest BCUT2D eigenvalue weighted by atomic mass is 9.83. The molecule has 2 unspecified atom stereocenters. The molecule has 5 nitrogen and oxygen atoms in total. The molecule has 2 N–H and O–H groups in total. The average molecular weight is 362 g/mol. The number of methoxy groups -OCH3 is 1. The fraction of sp³-hybridized carbons (Fsp3) is 0.923. The number of aliphatic imine (C=N–C) groups is 1. The van der Waals surface area contributed by atoms with Gasteiger partial charge in [-0.2, -0.15) is 0 Å². The smallest absolute Gasteiger partial charge is 0.117 e. The zero-order valence-electron chi connectivity index (χ0n) is 12.5. The molecule has 0 aromatic carbocycles. The quantitative estimate of drug-likeness (QED) is 0.739. The van der Waals surface area contributed by atoms with E-state index in [2.05, 4.69) is 15.5 Å². The molecule has 0 saturated carbocycles. The Morgan fingerprint density at radius 1 is 1.29 bits per heavy atom. The fourth-order valence-electron chi connectivity index (χ4n) is 3.58. The molecule has 3 fully saturated rings. The van der Waals surface area contributed by atoms with Gasteiger partial charge in [0.05, 0.1) is 18.7 Å². The molecule has 8 heteroatoms. The van der Waals surface area contributed by atoms with Crippen molar-refractivity contribution in [1.29, 1.82) is 0 Å². The van der Waals surface area contributed by atoms with E-state index in [1.807, 2.05) is 0 Å². The van der Waals surface area contributed by atoms with Gasteiger partial charge < -0.3 is 15.4 Å². The lowest BCUT2D eigenvalue weighted by molar-refractivity contribution is 0.126. The monoisotopic (exact) mass is 360 g/mol. The molecule has 2 bridgehead atoms. The molecule has 3 aliphatic heterocycles. The van der Waals surface area contributed by atoms with E-state index in [4.69, 9.17) is 9.73 Å². The minimum absolute atomic E-state index is 0. The Morgan fingerprint density at radius 2 is 2.00 bits per heavy atom. The van der Waals surface area contributed by atoms with Gasteiger partial charge >= 0.3 is 0 Å². The number of nitrogens with one attached hydrogen (secondary N) is 2. The summed E-state index contributed by atoms with van der Waals surface area (Å²) < 4.78 is 5.12. The van der Waals surface area contributed by atoms with Crippen molar-refractivity contribution >= 4 is 43.1 Å². The number of halogens is 3. The van der Waals surface area contributed by atoms with Crippen LogP contribution in [0.5, 0.6) is 0 Å². The summed E-state index contributed by atoms with van der Waals surface area (Å²) in [5.74, 6) is 1.23. The second-order valence-corrected chi connectivity index (χ2v) is 5.58. The van der Waals surface area contributed by atoms with E-state index in [1.165, 1.54) is 38.2 Å². The number of amidine groups is 1. The highest BCUT2D eigenvalue weighted by Crippen LogP contribution is 2.34. The SMILES string of the molecule is COCCN=C1NC2CCN(C2)C12CCNCC2.Cl.Cl.Cl. The summed E-state index contributed by atoms with van der Waals surface area (Å²) in [6.07, 6.45) is 3.62. The molecule has 3 heterocycles. The van der Waals surface area contributed by atoms with Crippen LogP contribution in [0.1, 0.15) is 19.3 Å². The Bertz CT molecular complexity index is 337. The lowest BCUT2D eigenvalue weighted by Crippen LogP contribution is -2.67. The first-order valence-corrected chi connectivity index (χ1v) is 7.11. The molecule has 3 saturated heterocycles. The number of piperazine rings is 1. The maximum absolute atomic E-state index is 5.12. The van der Waals surface area contributed by atoms with Gasteiger partial charge in [0.15, 0.2) is 0 Å². The van der Waals surface area contributed by atoms with E-state index in [0.717, 1.165) is 19.6 Å². The van der Waals surface area contributed by atoms with Crippen molar-refractivity contribution in [2.75, 3.05) is 46.4 Å². The van der Waals surface area contributed by atoms with Gasteiger partial charge in [-0.25, -0.2) is 0 Å². The molecule has 1 spiro atoms. The molecule has 3 rings (SSSR count). The average Bonchev–Trinajstić information content (AvgIpc) is 2.83. The molecule has 0 radical (unpaired) electrons. The van der Waals surface area contributed by atoms with E-state index in [1.54, 1.807) is 7.11 Å². The van der Waals surface area contributed by atoms with Gasteiger partial charge in [-0.05, 0) is 32.4 Å². The summed E-state index contributed by atoms with van der Waals surface area (Å²) in [6, 6.07) is 0.617. The maximum atomic E-state index is 5.12. The predicted molar refractivity (Wildman–Crippen MR) is 93.9 cm³/mol. The van der Waals surface area contributed by atoms with Crippen LogP contribution in [0.4, 0.5) is 0 Å². The van der Waals surface area contributed by atoms with Crippen molar-refractivity contribution in [3.8, 4) is 0 Å². The Kier molecular flexibility index (Phi) is 9.48. The molecule has 2 atom stereocenters. The van der Waals surface area contributed by atoms with Crippen LogP contribution < -0.4 is 10.6 Å². The van der Waals surface area contributed by atoms with Gasteiger partial charge in [-0.15, -0.1) is 37.2 Å². The number of fused-ring (bicyclic) bond motifs is 3. The number of ether oxygens (including phenoxy) is 1. The van der Waals surface area contributed by atoms with E-state index in [9.17, 15) is 0 Å². The maximum Gasteiger partial charge on any atom is 0.117 e. The standard InChI is InChI=1S/C13H24N4O.3ClH/c1-18-9-7-15-12-13(3-5-14-6-4-13)17-8-2-11(10-17)16-12;;;/h11,14H,2-10H2,1H3,(H,15,16);3*1H. The second kappa shape index (κ2) is 9.38. The minimum Gasteiger partial charge on any atom is -0.383 e. The molecule has 126 valence electrons. The molecular weight excluding hydrogens is 335 g/mol. The zero-order chi connectivity index (χ0) is 12.4. The van der Waals surface area contributed by atoms with Crippen LogP contribution in [0.15, 0.2) is 4.99 Å². The molecule has 0 amide bonds. The van der Waals surface area contributed by atoms with Gasteiger partial charge in [0, 0.05) is 26.2 Å². The molecule has 0 aromatic rings. The first-order chi connectivity index (χ1) is 8.85. The third-order valence-corrected chi connectivity index (χ3v) is 4.57. The highest BCUT2D eigenvalue weighted by Gasteiger charge is 2.49. The first-order valence-electron chi connectivity index (χ1n) is 7.11. The van der Waals surface area contributed by atoms with Crippen LogP contribution in [0.3, 0.4) is 0 Å². The molecule has 0 aliphatic carbocycles. The van der Waals surface area contributed by atoms with Crippen molar-refractivity contribution in [3.63, 3.8) is 0 Å². The number of nitrogens with zero attached hydrogens (tertiary/aromatic N) is 2. The highest BCUT2D eigenvalue weighted by atomic mass is 35.5. The van der Waals surface area contributed by atoms with E-state index >= 15 is 0 Å². The van der Waals surface area contributed by atoms with Crippen LogP contribution in [0, 0.1) is 0 Å². The van der Waals surface area contributed by atoms with Gasteiger partial charge in [0.1, 0.15) is 5.84 Å². The van der Waals surface area contributed by atoms with Crippen molar-refractivity contribution in [3.05, 3.63) is 0 Å². The second-order valence-electron chi connectivity index (χ2n) is 5.58. The Hall–Kier alpha value is 0.220. The van der Waals surface area contributed by atoms with Gasteiger partial charge in [0.25, 0.3) is 0 Å². The third kappa shape index (κ3) is 4.15. The van der Waals surface area contributed by atoms with E-state index in [0.29, 0.717) is 12.6 Å². The van der Waals surface area contributed by atoms with Crippen LogP contribution in [-0.4, -0.2) is 68.8 Å². The minimum atomic E-state index is 0. The van der Waals surface area contributed by atoms with Crippen LogP contribution >= 0.6 is 37.2 Å². The van der Waals surface area contributed by atoms with E-state index in [-0.39, 0.29) is 42.8 Å². The first kappa shape index (κ1) is 21.2. The van der Waals surface area contributed by atoms with Crippen LogP contribution in [0.2, 0.25) is 0 Å². The van der Waals surface area contributed by atoms with E-state index < -0.39 is 0 Å². The molecule has 0 aromatic heterocycles. The summed E-state index contributed by atoms with van der Waals surface area (Å²) in [4.78, 5) is 7.47. The number of rotatable bonds is 3. The Labute approximate surface area is 145 Å². The van der Waals surface area contributed by atoms with Gasteiger partial charge in [-0.3, -0.25) is 9.89 Å². The fourth-order valence-corrected chi connectivity index (χ4v) is 3.58. The topological polar surface area (TPSA) is 48.9 Å². The number of piperidine rings is 1. The Morgan fingerprint density at radius 3 is 2.67 bits per heavy atom. The number of hydrogen-bond donors (Lipinski definition) is 2. The lowest BCUT2D eigenvalue weighted by Gasteiger charge is -2.48. The highest BCUT2D eigenvalue weighted by molar-refractivity contribution is 5.93. The summed E-state index contributed by atoms with van der Waals surface area (Å²) in [5.41, 5.74) is 0.186. The third-order valence-electron chi connectivity index (χ3n) is 4.57. The van der Waals surface area contributed by atoms with Gasteiger partial charge in [0.2, 0.25) is 0 Å². The van der Waals surface area contributed by atoms with Crippen molar-refractivity contribution in [1.82, 2.24) is 15.5 Å². The summed E-state index contributed by atoms with van der Waals surface area (Å²) >= 11 is 0. The number of hydrogen-bond acceptors (Lipinski definition) is 4. The largest absolute Gasteiger partial charge is 0.383 e. The van der Waals surface area contributed by atoms with Crippen LogP contribution in [-0.2, 0) is 4.74 Å². The normalized spacial score (nSPS) is 30.8. The molecule has 21 heavy (non-hydrogen) atoms. The summed E-state index contributed by atoms with van der Waals surface area (Å²) in [5, 5.41) is 7.16. The van der Waals surface area contributed by atoms with Crippen molar-refractivity contribution < 1.29 is 4.74 Å². The van der Waals surface area contributed by atoms with Crippen molar-refractivity contribution in [2.45, 2.75) is 30.8 Å². The molecular formula is C13H27Cl3N4O. The Balaban J connectivity index is 0.00000133. The van der Waals surface area contributed by atoms with Crippen molar-refractivity contribution in [2.24, 2.45) is 4.99 Å². The molecule has 3 aliphatic rings.